The Morgan fingerprint density at radius 2 is 0.886 bits per heavy atom. The van der Waals surface area contributed by atoms with E-state index in [1.165, 1.54) is 13.8 Å². The van der Waals surface area contributed by atoms with Crippen molar-refractivity contribution in [1.82, 2.24) is 9.97 Å². The van der Waals surface area contributed by atoms with E-state index in [0.29, 0.717) is 24.0 Å². The zero-order valence-corrected chi connectivity index (χ0v) is 27.0. The Morgan fingerprint density at radius 1 is 0.568 bits per heavy atom. The minimum atomic E-state index is -0.233. The van der Waals surface area contributed by atoms with Gasteiger partial charge in [0.15, 0.2) is 0 Å². The van der Waals surface area contributed by atoms with E-state index in [4.69, 9.17) is 0 Å². The van der Waals surface area contributed by atoms with Crippen molar-refractivity contribution in [2.24, 2.45) is 0 Å². The molecular weight excluding hydrogens is 616 g/mol. The quantitative estimate of drug-likeness (QED) is 0.110. The zero-order chi connectivity index (χ0) is 31.0. The van der Waals surface area contributed by atoms with Crippen LogP contribution in [0.2, 0.25) is 0 Å². The monoisotopic (exact) mass is 650 g/mol. The van der Waals surface area contributed by atoms with Crippen molar-refractivity contribution < 1.29 is 51.1 Å². The van der Waals surface area contributed by atoms with Gasteiger partial charge in [-0.2, -0.15) is 0 Å². The van der Waals surface area contributed by atoms with Crippen LogP contribution >= 0.6 is 12.4 Å². The number of pyridine rings is 2. The molecule has 0 saturated heterocycles. The third-order valence-corrected chi connectivity index (χ3v) is 4.95. The maximum atomic E-state index is 11.2. The Morgan fingerprint density at radius 3 is 1.14 bits per heavy atom. The van der Waals surface area contributed by atoms with Crippen molar-refractivity contribution >= 4 is 35.5 Å². The van der Waals surface area contributed by atoms with Gasteiger partial charge in [0.25, 0.3) is 0 Å². The van der Waals surface area contributed by atoms with Crippen LogP contribution in [0.1, 0.15) is 46.0 Å². The number of halogens is 1. The van der Waals surface area contributed by atoms with Crippen LogP contribution in [0.25, 0.3) is 0 Å². The molecule has 0 N–H and O–H groups in total. The summed E-state index contributed by atoms with van der Waals surface area (Å²) in [6, 6.07) is 28.6. The summed E-state index contributed by atoms with van der Waals surface area (Å²) in [5, 5.41) is 20.1. The molecule has 2 aromatic heterocycles. The van der Waals surface area contributed by atoms with Gasteiger partial charge in [-0.15, -0.1) is 73.9 Å². The van der Waals surface area contributed by atoms with Gasteiger partial charge in [0.1, 0.15) is 0 Å². The molecule has 2 heterocycles. The Kier molecular flexibility index (Phi) is 25.6. The average molecular weight is 651 g/mol. The molecule has 0 unspecified atom stereocenters. The summed E-state index contributed by atoms with van der Waals surface area (Å²) >= 11 is 0. The van der Waals surface area contributed by atoms with Crippen LogP contribution < -0.4 is 10.2 Å². The number of hydrogen-bond acceptors (Lipinski definition) is 8. The number of nitrogens with zero attached hydrogens (tertiary/aromatic N) is 2. The summed E-state index contributed by atoms with van der Waals surface area (Å²) in [7, 11) is 0. The van der Waals surface area contributed by atoms with E-state index in [-0.39, 0.29) is 70.5 Å². The van der Waals surface area contributed by atoms with E-state index in [0.717, 1.165) is 24.2 Å². The first-order chi connectivity index (χ1) is 20.3. The molecule has 0 aliphatic heterocycles. The number of carbonyl (C=O) groups excluding carboxylic acids is 4. The van der Waals surface area contributed by atoms with Crippen LogP contribution in [0, 0.1) is 12.8 Å². The summed E-state index contributed by atoms with van der Waals surface area (Å²) in [6.07, 6.45) is 6.67. The molecule has 0 amide bonds. The maximum Gasteiger partial charge on any atom is 4.00 e. The number of carbonyl (C=O) groups is 4. The summed E-state index contributed by atoms with van der Waals surface area (Å²) in [5.74, 6) is -0.904. The molecule has 8 nitrogen and oxygen atoms in total. The molecule has 2 aromatic carbocycles. The molecule has 0 atom stereocenters. The molecular formula is C34H35ClN2O6Ti. The van der Waals surface area contributed by atoms with Crippen molar-refractivity contribution in [3.05, 3.63) is 145 Å². The topological polar surface area (TPSA) is 140 Å². The van der Waals surface area contributed by atoms with Crippen molar-refractivity contribution in [3.8, 4) is 0 Å². The Hall–Kier alpha value is -3.92. The number of ketones is 4. The maximum absolute atomic E-state index is 11.2. The fourth-order valence-corrected chi connectivity index (χ4v) is 3.04. The van der Waals surface area contributed by atoms with Crippen molar-refractivity contribution in [2.45, 2.75) is 26.7 Å². The first-order valence-electron chi connectivity index (χ1n) is 13.1. The van der Waals surface area contributed by atoms with E-state index in [1.54, 1.807) is 60.9 Å². The average Bonchev–Trinajstić information content (AvgIpc) is 3.00. The molecule has 4 rings (SSSR count). The summed E-state index contributed by atoms with van der Waals surface area (Å²) in [6.45, 7) is 2.58. The molecule has 0 saturated carbocycles. The van der Waals surface area contributed by atoms with Gasteiger partial charge < -0.3 is 29.4 Å². The van der Waals surface area contributed by atoms with Crippen LogP contribution in [-0.4, -0.2) is 46.3 Å². The van der Waals surface area contributed by atoms with Gasteiger partial charge in [-0.05, 0) is 51.0 Å². The predicted molar refractivity (Wildman–Crippen MR) is 164 cm³/mol. The molecule has 0 radical (unpaired) electrons. The van der Waals surface area contributed by atoms with Gasteiger partial charge in [-0.1, -0.05) is 48.5 Å². The molecule has 0 spiro atoms. The third-order valence-electron chi connectivity index (χ3n) is 4.95. The first kappa shape index (κ1) is 42.2. The van der Waals surface area contributed by atoms with Gasteiger partial charge in [0.2, 0.25) is 0 Å². The number of aromatic nitrogens is 2. The Bertz CT molecular complexity index is 1220. The fourth-order valence-electron chi connectivity index (χ4n) is 3.04. The SMILES string of the molecule is CC(=O)[CH-]C(=O)c1ccccc1.CC(=O)[CH-]C(=O)c1ccccc1.Cl.[O-]CCc1ccccn1.[O-]CCc1ccccn1.[Ti+4]. The van der Waals surface area contributed by atoms with Crippen LogP contribution in [0.5, 0.6) is 0 Å². The summed E-state index contributed by atoms with van der Waals surface area (Å²) in [5.41, 5.74) is 2.86. The minimum absolute atomic E-state index is 0. The Labute approximate surface area is 280 Å². The van der Waals surface area contributed by atoms with Crippen molar-refractivity contribution in [2.75, 3.05) is 13.2 Å². The standard InChI is InChI=1S/2C10H9O2.2C7H8NO.ClH.Ti/c2*1-8(11)7-10(12)9-5-3-2-4-6-9;2*9-6-4-7-3-1-2-5-8-7;;/h2*2-7H,1H3;2*1-3,5H,4,6H2;1H;/q4*-1;;+4. The van der Waals surface area contributed by atoms with E-state index in [1.807, 2.05) is 48.5 Å². The number of benzene rings is 2. The molecule has 228 valence electrons. The largest absolute Gasteiger partial charge is 4.00 e. The van der Waals surface area contributed by atoms with E-state index in [9.17, 15) is 29.4 Å². The van der Waals surface area contributed by atoms with Gasteiger partial charge in [-0.3, -0.25) is 9.97 Å². The third kappa shape index (κ3) is 20.9. The number of Topliss-reactive ketones (excluding diaryl/α,β-unsaturated/α-hetero) is 4. The second-order valence-electron chi connectivity index (χ2n) is 8.52. The fraction of sp³-hybridized carbons (Fsp3) is 0.176. The normalized spacial score (nSPS) is 8.82. The molecule has 0 bridgehead atoms. The Balaban J connectivity index is 0. The summed E-state index contributed by atoms with van der Waals surface area (Å²) in [4.78, 5) is 51.4. The number of hydrogen-bond donors (Lipinski definition) is 0. The predicted octanol–water partition coefficient (Wildman–Crippen LogP) is 3.71. The second kappa shape index (κ2) is 26.7. The molecule has 0 aliphatic carbocycles. The van der Waals surface area contributed by atoms with E-state index in [2.05, 4.69) is 9.97 Å². The van der Waals surface area contributed by atoms with Crippen molar-refractivity contribution in [3.63, 3.8) is 0 Å². The van der Waals surface area contributed by atoms with E-state index < -0.39 is 0 Å². The molecule has 44 heavy (non-hydrogen) atoms. The van der Waals surface area contributed by atoms with Gasteiger partial charge in [0, 0.05) is 35.3 Å². The minimum Gasteiger partial charge on any atom is -0.854 e. The van der Waals surface area contributed by atoms with E-state index >= 15 is 0 Å². The first-order valence-corrected chi connectivity index (χ1v) is 13.1. The summed E-state index contributed by atoms with van der Waals surface area (Å²) < 4.78 is 0. The smallest absolute Gasteiger partial charge is 0.854 e. The number of rotatable bonds is 10. The van der Waals surface area contributed by atoms with Gasteiger partial charge in [0.05, 0.1) is 11.6 Å². The van der Waals surface area contributed by atoms with Crippen LogP contribution in [0.15, 0.2) is 109 Å². The van der Waals surface area contributed by atoms with Gasteiger partial charge >= 0.3 is 21.7 Å². The molecule has 0 fully saturated rings. The van der Waals surface area contributed by atoms with Crippen LogP contribution in [0.4, 0.5) is 0 Å². The zero-order valence-electron chi connectivity index (χ0n) is 24.6. The van der Waals surface area contributed by atoms with Gasteiger partial charge in [-0.25, -0.2) is 0 Å². The molecule has 0 aliphatic rings. The van der Waals surface area contributed by atoms with Crippen LogP contribution in [-0.2, 0) is 44.1 Å². The van der Waals surface area contributed by atoms with Crippen molar-refractivity contribution in [1.29, 1.82) is 0 Å². The van der Waals surface area contributed by atoms with Crippen LogP contribution in [0.3, 0.4) is 0 Å². The molecule has 10 heteroatoms. The second-order valence-corrected chi connectivity index (χ2v) is 8.52. The molecule has 4 aromatic rings.